The SMILES string of the molecule is CC(C)C1CCCN1C(=NC1CCCC1)NN. The van der Waals surface area contributed by atoms with Gasteiger partial charge in [-0.2, -0.15) is 0 Å². The minimum absolute atomic E-state index is 0.495. The van der Waals surface area contributed by atoms with Gasteiger partial charge in [0.05, 0.1) is 6.04 Å². The van der Waals surface area contributed by atoms with Crippen LogP contribution in [0.5, 0.6) is 0 Å². The third-order valence-corrected chi connectivity index (χ3v) is 4.10. The van der Waals surface area contributed by atoms with Crippen LogP contribution in [0.3, 0.4) is 0 Å². The lowest BCUT2D eigenvalue weighted by Crippen LogP contribution is -2.49. The number of nitrogens with two attached hydrogens (primary N) is 1. The Bertz CT molecular complexity index is 269. The van der Waals surface area contributed by atoms with Crippen molar-refractivity contribution in [1.29, 1.82) is 0 Å². The molecule has 17 heavy (non-hydrogen) atoms. The van der Waals surface area contributed by atoms with Crippen LogP contribution < -0.4 is 11.3 Å². The van der Waals surface area contributed by atoms with E-state index in [0.717, 1.165) is 12.5 Å². The molecular formula is C13H26N4. The highest BCUT2D eigenvalue weighted by Gasteiger charge is 2.30. The molecule has 2 aliphatic rings. The first kappa shape index (κ1) is 12.7. The molecule has 4 heteroatoms. The van der Waals surface area contributed by atoms with Gasteiger partial charge in [-0.25, -0.2) is 10.8 Å². The van der Waals surface area contributed by atoms with E-state index in [4.69, 9.17) is 10.8 Å². The van der Waals surface area contributed by atoms with Crippen molar-refractivity contribution < 1.29 is 0 Å². The number of guanidine groups is 1. The molecule has 0 aromatic heterocycles. The first-order valence-corrected chi connectivity index (χ1v) is 7.03. The molecule has 2 rings (SSSR count). The molecule has 0 aromatic rings. The minimum Gasteiger partial charge on any atom is -0.339 e. The van der Waals surface area contributed by atoms with Crippen LogP contribution in [-0.2, 0) is 0 Å². The molecule has 0 radical (unpaired) electrons. The number of hydrogen-bond donors (Lipinski definition) is 2. The van der Waals surface area contributed by atoms with Crippen LogP contribution >= 0.6 is 0 Å². The molecule has 0 amide bonds. The van der Waals surface area contributed by atoms with E-state index in [2.05, 4.69) is 24.2 Å². The number of hydrazine groups is 1. The van der Waals surface area contributed by atoms with Crippen LogP contribution in [-0.4, -0.2) is 29.5 Å². The number of rotatable bonds is 2. The fraction of sp³-hybridized carbons (Fsp3) is 0.923. The molecule has 1 aliphatic heterocycles. The molecule has 1 aliphatic carbocycles. The van der Waals surface area contributed by atoms with Crippen molar-refractivity contribution in [3.8, 4) is 0 Å². The smallest absolute Gasteiger partial charge is 0.208 e. The Balaban J connectivity index is 2.05. The maximum Gasteiger partial charge on any atom is 0.208 e. The zero-order chi connectivity index (χ0) is 12.3. The molecular weight excluding hydrogens is 212 g/mol. The summed E-state index contributed by atoms with van der Waals surface area (Å²) in [6.45, 7) is 5.66. The van der Waals surface area contributed by atoms with Gasteiger partial charge in [0.25, 0.3) is 0 Å². The number of nitrogens with one attached hydrogen (secondary N) is 1. The maximum atomic E-state index is 5.67. The van der Waals surface area contributed by atoms with Crippen LogP contribution in [0.1, 0.15) is 52.4 Å². The van der Waals surface area contributed by atoms with Gasteiger partial charge < -0.3 is 4.90 Å². The van der Waals surface area contributed by atoms with Crippen LogP contribution in [0.2, 0.25) is 0 Å². The Hall–Kier alpha value is -0.770. The Morgan fingerprint density at radius 2 is 1.94 bits per heavy atom. The number of likely N-dealkylation sites (tertiary alicyclic amines) is 1. The van der Waals surface area contributed by atoms with Crippen LogP contribution in [0, 0.1) is 5.92 Å². The van der Waals surface area contributed by atoms with Crippen LogP contribution in [0.25, 0.3) is 0 Å². The van der Waals surface area contributed by atoms with Gasteiger partial charge >= 0.3 is 0 Å². The molecule has 0 aromatic carbocycles. The van der Waals surface area contributed by atoms with Gasteiger partial charge in [-0.3, -0.25) is 5.43 Å². The maximum absolute atomic E-state index is 5.67. The van der Waals surface area contributed by atoms with E-state index >= 15 is 0 Å². The van der Waals surface area contributed by atoms with Crippen LogP contribution in [0.4, 0.5) is 0 Å². The lowest BCUT2D eigenvalue weighted by molar-refractivity contribution is 0.299. The van der Waals surface area contributed by atoms with Gasteiger partial charge in [0.1, 0.15) is 0 Å². The van der Waals surface area contributed by atoms with Gasteiger partial charge in [0.15, 0.2) is 0 Å². The van der Waals surface area contributed by atoms with Crippen molar-refractivity contribution in [2.24, 2.45) is 16.8 Å². The lowest BCUT2D eigenvalue weighted by atomic mass is 10.0. The second-order valence-corrected chi connectivity index (χ2v) is 5.68. The van der Waals surface area contributed by atoms with E-state index in [9.17, 15) is 0 Å². The molecule has 1 saturated carbocycles. The van der Waals surface area contributed by atoms with Crippen molar-refractivity contribution in [2.75, 3.05) is 6.54 Å². The summed E-state index contributed by atoms with van der Waals surface area (Å²) in [4.78, 5) is 7.19. The topological polar surface area (TPSA) is 53.6 Å². The molecule has 1 heterocycles. The lowest BCUT2D eigenvalue weighted by Gasteiger charge is -2.30. The second kappa shape index (κ2) is 5.71. The Morgan fingerprint density at radius 1 is 1.24 bits per heavy atom. The molecule has 1 unspecified atom stereocenters. The number of nitrogens with zero attached hydrogens (tertiary/aromatic N) is 2. The largest absolute Gasteiger partial charge is 0.339 e. The first-order valence-electron chi connectivity index (χ1n) is 7.03. The van der Waals surface area contributed by atoms with E-state index in [-0.39, 0.29) is 0 Å². The van der Waals surface area contributed by atoms with Gasteiger partial charge in [-0.15, -0.1) is 0 Å². The van der Waals surface area contributed by atoms with Gasteiger partial charge in [-0.1, -0.05) is 26.7 Å². The summed E-state index contributed by atoms with van der Waals surface area (Å²) in [5.41, 5.74) is 2.83. The number of aliphatic imine (C=N–C) groups is 1. The molecule has 2 fully saturated rings. The second-order valence-electron chi connectivity index (χ2n) is 5.68. The highest BCUT2D eigenvalue weighted by molar-refractivity contribution is 5.80. The molecule has 3 N–H and O–H groups in total. The van der Waals surface area contributed by atoms with E-state index in [1.54, 1.807) is 0 Å². The Morgan fingerprint density at radius 3 is 2.53 bits per heavy atom. The zero-order valence-electron chi connectivity index (χ0n) is 11.2. The number of hydrogen-bond acceptors (Lipinski definition) is 2. The van der Waals surface area contributed by atoms with Crippen molar-refractivity contribution in [1.82, 2.24) is 10.3 Å². The summed E-state index contributed by atoms with van der Waals surface area (Å²) in [6, 6.07) is 1.10. The summed E-state index contributed by atoms with van der Waals surface area (Å²) in [5.74, 6) is 7.26. The van der Waals surface area contributed by atoms with Crippen molar-refractivity contribution in [2.45, 2.75) is 64.5 Å². The summed E-state index contributed by atoms with van der Waals surface area (Å²) in [7, 11) is 0. The van der Waals surface area contributed by atoms with Gasteiger partial charge in [0, 0.05) is 12.6 Å². The fourth-order valence-electron chi connectivity index (χ4n) is 3.15. The predicted octanol–water partition coefficient (Wildman–Crippen LogP) is 1.87. The van der Waals surface area contributed by atoms with Crippen molar-refractivity contribution >= 4 is 5.96 Å². The molecule has 0 bridgehead atoms. The molecule has 1 saturated heterocycles. The summed E-state index contributed by atoms with van der Waals surface area (Å²) >= 11 is 0. The van der Waals surface area contributed by atoms with Crippen LogP contribution in [0.15, 0.2) is 4.99 Å². The van der Waals surface area contributed by atoms with E-state index < -0.39 is 0 Å². The first-order chi connectivity index (χ1) is 8.22. The third kappa shape index (κ3) is 2.92. The average Bonchev–Trinajstić information content (AvgIpc) is 2.96. The Kier molecular flexibility index (Phi) is 4.26. The standard InChI is InChI=1S/C13H26N4/c1-10(2)12-8-5-9-17(12)13(16-14)15-11-6-3-4-7-11/h10-12H,3-9,14H2,1-2H3,(H,15,16). The van der Waals surface area contributed by atoms with E-state index in [1.165, 1.54) is 38.5 Å². The Labute approximate surface area is 105 Å². The van der Waals surface area contributed by atoms with E-state index in [1.807, 2.05) is 0 Å². The minimum atomic E-state index is 0.495. The summed E-state index contributed by atoms with van der Waals surface area (Å²) in [6.07, 6.45) is 7.62. The summed E-state index contributed by atoms with van der Waals surface area (Å²) in [5, 5.41) is 0. The molecule has 0 spiro atoms. The van der Waals surface area contributed by atoms with Crippen molar-refractivity contribution in [3.05, 3.63) is 0 Å². The van der Waals surface area contributed by atoms with Gasteiger partial charge in [0.2, 0.25) is 5.96 Å². The monoisotopic (exact) mass is 238 g/mol. The zero-order valence-corrected chi connectivity index (χ0v) is 11.2. The molecule has 4 nitrogen and oxygen atoms in total. The fourth-order valence-corrected chi connectivity index (χ4v) is 3.15. The normalized spacial score (nSPS) is 27.2. The molecule has 1 atom stereocenters. The van der Waals surface area contributed by atoms with E-state index in [0.29, 0.717) is 18.0 Å². The summed E-state index contributed by atoms with van der Waals surface area (Å²) < 4.78 is 0. The predicted molar refractivity (Wildman–Crippen MR) is 71.6 cm³/mol. The highest BCUT2D eigenvalue weighted by atomic mass is 15.4. The van der Waals surface area contributed by atoms with Gasteiger partial charge in [-0.05, 0) is 31.6 Å². The average molecular weight is 238 g/mol. The quantitative estimate of drug-likeness (QED) is 0.334. The molecule has 98 valence electrons. The van der Waals surface area contributed by atoms with Crippen molar-refractivity contribution in [3.63, 3.8) is 0 Å². The third-order valence-electron chi connectivity index (χ3n) is 4.10. The highest BCUT2D eigenvalue weighted by Crippen LogP contribution is 2.25.